The molecule has 0 saturated heterocycles. The molecule has 0 spiro atoms. The maximum Gasteiger partial charge on any atom is 0.189 e. The van der Waals surface area contributed by atoms with Crippen LogP contribution in [-0.2, 0) is 0 Å². The zero-order valence-electron chi connectivity index (χ0n) is 8.06. The first-order valence-corrected chi connectivity index (χ1v) is 6.15. The van der Waals surface area contributed by atoms with Crippen LogP contribution in [0.2, 0.25) is 0 Å². The zero-order chi connectivity index (χ0) is 10.7. The summed E-state index contributed by atoms with van der Waals surface area (Å²) in [4.78, 5) is 14.5. The van der Waals surface area contributed by atoms with Gasteiger partial charge in [-0.05, 0) is 19.1 Å². The largest absolute Gasteiger partial charge is 0.359 e. The van der Waals surface area contributed by atoms with Gasteiger partial charge < -0.3 is 4.98 Å². The van der Waals surface area contributed by atoms with Gasteiger partial charge in [0.15, 0.2) is 10.1 Å². The fourth-order valence-electron chi connectivity index (χ4n) is 1.05. The molecule has 0 aliphatic heterocycles. The van der Waals surface area contributed by atoms with Crippen LogP contribution in [0.15, 0.2) is 22.7 Å². The molecule has 0 aliphatic carbocycles. The molecule has 0 saturated carbocycles. The van der Waals surface area contributed by atoms with Crippen molar-refractivity contribution < 1.29 is 4.79 Å². The quantitative estimate of drug-likeness (QED) is 0.656. The number of carbonyl (C=O) groups is 1. The molecule has 78 valence electrons. The molecule has 6 heteroatoms. The summed E-state index contributed by atoms with van der Waals surface area (Å²) < 4.78 is 0.840. The Balaban J connectivity index is 1.91. The number of hydrogen-bond donors (Lipinski definition) is 1. The van der Waals surface area contributed by atoms with Crippen molar-refractivity contribution in [1.29, 1.82) is 0 Å². The molecule has 0 fully saturated rings. The number of aryl methyl sites for hydroxylation is 1. The number of hydrogen-bond acceptors (Lipinski definition) is 5. The number of aromatic amines is 1. The van der Waals surface area contributed by atoms with Gasteiger partial charge in [-0.15, -0.1) is 10.2 Å². The molecule has 0 aliphatic rings. The van der Waals surface area contributed by atoms with E-state index in [9.17, 15) is 4.79 Å². The van der Waals surface area contributed by atoms with Gasteiger partial charge in [-0.25, -0.2) is 0 Å². The van der Waals surface area contributed by atoms with E-state index < -0.39 is 0 Å². The van der Waals surface area contributed by atoms with Crippen molar-refractivity contribution in [3.8, 4) is 0 Å². The zero-order valence-corrected chi connectivity index (χ0v) is 9.69. The fraction of sp³-hybridized carbons (Fsp3) is 0.222. The van der Waals surface area contributed by atoms with Crippen LogP contribution in [0.1, 0.15) is 15.5 Å². The van der Waals surface area contributed by atoms with Crippen LogP contribution in [0.25, 0.3) is 0 Å². The molecule has 0 bridgehead atoms. The van der Waals surface area contributed by atoms with Crippen LogP contribution in [0.5, 0.6) is 0 Å². The molecule has 0 atom stereocenters. The second-order valence-corrected chi connectivity index (χ2v) is 5.29. The molecule has 0 radical (unpaired) electrons. The number of nitrogens with one attached hydrogen (secondary N) is 1. The van der Waals surface area contributed by atoms with Gasteiger partial charge in [0.05, 0.1) is 11.4 Å². The van der Waals surface area contributed by atoms with Crippen molar-refractivity contribution in [3.63, 3.8) is 0 Å². The smallest absolute Gasteiger partial charge is 0.189 e. The predicted octanol–water partition coefficient (Wildman–Crippen LogP) is 2.15. The third kappa shape index (κ3) is 2.66. The van der Waals surface area contributed by atoms with Crippen molar-refractivity contribution in [2.45, 2.75) is 11.3 Å². The van der Waals surface area contributed by atoms with Gasteiger partial charge in [0.1, 0.15) is 5.01 Å². The van der Waals surface area contributed by atoms with E-state index in [2.05, 4.69) is 15.2 Å². The monoisotopic (exact) mass is 239 g/mol. The highest BCUT2D eigenvalue weighted by molar-refractivity contribution is 8.01. The summed E-state index contributed by atoms with van der Waals surface area (Å²) in [6.45, 7) is 1.90. The number of aromatic nitrogens is 3. The summed E-state index contributed by atoms with van der Waals surface area (Å²) in [5.41, 5.74) is 0.642. The Morgan fingerprint density at radius 1 is 1.60 bits per heavy atom. The molecule has 2 aromatic heterocycles. The average Bonchev–Trinajstić information content (AvgIpc) is 2.84. The lowest BCUT2D eigenvalue weighted by atomic mass is 10.3. The number of carbonyl (C=O) groups excluding carboxylic acids is 1. The molecule has 2 aromatic rings. The van der Waals surface area contributed by atoms with E-state index in [1.165, 1.54) is 23.1 Å². The Morgan fingerprint density at radius 3 is 3.07 bits per heavy atom. The molecule has 0 unspecified atom stereocenters. The topological polar surface area (TPSA) is 58.6 Å². The van der Waals surface area contributed by atoms with Crippen molar-refractivity contribution in [3.05, 3.63) is 29.0 Å². The van der Waals surface area contributed by atoms with E-state index in [1.807, 2.05) is 13.0 Å². The molecule has 0 amide bonds. The Bertz CT molecular complexity index is 450. The van der Waals surface area contributed by atoms with Crippen LogP contribution in [0, 0.1) is 6.92 Å². The summed E-state index contributed by atoms with van der Waals surface area (Å²) in [5, 5.41) is 8.75. The van der Waals surface area contributed by atoms with Crippen LogP contribution in [-0.4, -0.2) is 26.7 Å². The van der Waals surface area contributed by atoms with Gasteiger partial charge in [-0.2, -0.15) is 0 Å². The molecule has 2 heterocycles. The first-order chi connectivity index (χ1) is 7.25. The van der Waals surface area contributed by atoms with Gasteiger partial charge >= 0.3 is 0 Å². The Kier molecular flexibility index (Phi) is 3.17. The van der Waals surface area contributed by atoms with Crippen molar-refractivity contribution in [1.82, 2.24) is 15.2 Å². The second-order valence-electron chi connectivity index (χ2n) is 2.88. The Morgan fingerprint density at radius 2 is 2.47 bits per heavy atom. The van der Waals surface area contributed by atoms with Crippen molar-refractivity contribution >= 4 is 28.9 Å². The van der Waals surface area contributed by atoms with E-state index in [0.717, 1.165) is 9.35 Å². The summed E-state index contributed by atoms with van der Waals surface area (Å²) >= 11 is 2.93. The number of rotatable bonds is 4. The highest BCUT2D eigenvalue weighted by Gasteiger charge is 2.08. The van der Waals surface area contributed by atoms with Crippen LogP contribution < -0.4 is 0 Å². The normalized spacial score (nSPS) is 10.5. The van der Waals surface area contributed by atoms with Gasteiger partial charge in [0.25, 0.3) is 0 Å². The number of H-pyrrole nitrogens is 1. The minimum absolute atomic E-state index is 0.0813. The fourth-order valence-corrected chi connectivity index (χ4v) is 2.74. The molecule has 4 nitrogen and oxygen atoms in total. The number of ketones is 1. The van der Waals surface area contributed by atoms with E-state index in [0.29, 0.717) is 11.4 Å². The minimum atomic E-state index is 0.0813. The number of thioether (sulfide) groups is 1. The molecule has 0 aromatic carbocycles. The highest BCUT2D eigenvalue weighted by Crippen LogP contribution is 2.22. The lowest BCUT2D eigenvalue weighted by Gasteiger charge is -1.94. The van der Waals surface area contributed by atoms with Gasteiger partial charge in [-0.3, -0.25) is 4.79 Å². The van der Waals surface area contributed by atoms with Crippen LogP contribution >= 0.6 is 23.1 Å². The summed E-state index contributed by atoms with van der Waals surface area (Å²) in [7, 11) is 0. The average molecular weight is 239 g/mol. The van der Waals surface area contributed by atoms with Gasteiger partial charge in [-0.1, -0.05) is 23.1 Å². The second kappa shape index (κ2) is 4.59. The standard InChI is InChI=1S/C9H9N3OS2/c1-6-11-12-9(15-6)14-5-8(13)7-3-2-4-10-7/h2-4,10H,5H2,1H3. The van der Waals surface area contributed by atoms with Crippen molar-refractivity contribution in [2.24, 2.45) is 0 Å². The van der Waals surface area contributed by atoms with E-state index in [-0.39, 0.29) is 5.78 Å². The van der Waals surface area contributed by atoms with Gasteiger partial charge in [0.2, 0.25) is 0 Å². The van der Waals surface area contributed by atoms with E-state index >= 15 is 0 Å². The molecule has 1 N–H and O–H groups in total. The van der Waals surface area contributed by atoms with Crippen LogP contribution in [0.4, 0.5) is 0 Å². The summed E-state index contributed by atoms with van der Waals surface area (Å²) in [6, 6.07) is 3.58. The Labute approximate surface area is 95.1 Å². The third-order valence-corrected chi connectivity index (χ3v) is 3.70. The molecular formula is C9H9N3OS2. The number of Topliss-reactive ketones (excluding diaryl/α,β-unsaturated/α-hetero) is 1. The molecular weight excluding hydrogens is 230 g/mol. The summed E-state index contributed by atoms with van der Waals surface area (Å²) in [5.74, 6) is 0.479. The van der Waals surface area contributed by atoms with Crippen molar-refractivity contribution in [2.75, 3.05) is 5.75 Å². The highest BCUT2D eigenvalue weighted by atomic mass is 32.2. The van der Waals surface area contributed by atoms with Crippen LogP contribution in [0.3, 0.4) is 0 Å². The van der Waals surface area contributed by atoms with E-state index in [4.69, 9.17) is 0 Å². The molecule has 2 rings (SSSR count). The number of nitrogens with zero attached hydrogens (tertiary/aromatic N) is 2. The third-order valence-electron chi connectivity index (χ3n) is 1.73. The lowest BCUT2D eigenvalue weighted by Crippen LogP contribution is -2.02. The summed E-state index contributed by atoms with van der Waals surface area (Å²) in [6.07, 6.45) is 1.74. The predicted molar refractivity (Wildman–Crippen MR) is 60.5 cm³/mol. The lowest BCUT2D eigenvalue weighted by molar-refractivity contribution is 0.101. The maximum absolute atomic E-state index is 11.6. The van der Waals surface area contributed by atoms with Gasteiger partial charge in [0, 0.05) is 6.20 Å². The Hall–Kier alpha value is -1.14. The first kappa shape index (κ1) is 10.4. The SMILES string of the molecule is Cc1nnc(SCC(=O)c2ccc[nH]2)s1. The molecule has 15 heavy (non-hydrogen) atoms. The first-order valence-electron chi connectivity index (χ1n) is 4.35. The van der Waals surface area contributed by atoms with E-state index in [1.54, 1.807) is 12.3 Å². The maximum atomic E-state index is 11.6. The minimum Gasteiger partial charge on any atom is -0.359 e.